The predicted molar refractivity (Wildman–Crippen MR) is 96.3 cm³/mol. The molecule has 0 heterocycles. The monoisotopic (exact) mass is 486 g/mol. The predicted octanol–water partition coefficient (Wildman–Crippen LogP) is 5.96. The lowest BCUT2D eigenvalue weighted by Gasteiger charge is -2.22. The Labute approximate surface area is 178 Å². The average molecular weight is 486 g/mol. The highest BCUT2D eigenvalue weighted by molar-refractivity contribution is 6.27. The molecule has 1 aromatic carbocycles. The Hall–Kier alpha value is -2.15. The molecule has 0 radical (unpaired) electrons. The molecule has 1 N–H and O–H groups in total. The fraction of sp³-hybridized carbons (Fsp3) is 0.579. The van der Waals surface area contributed by atoms with Gasteiger partial charge in [-0.25, -0.2) is 0 Å². The number of fused-ring (bicyclic) bond motifs is 1. The molecule has 0 saturated carbocycles. The van der Waals surface area contributed by atoms with E-state index in [1.54, 1.807) is 0 Å². The van der Waals surface area contributed by atoms with Gasteiger partial charge < -0.3 is 9.84 Å². The van der Waals surface area contributed by atoms with Gasteiger partial charge in [0.05, 0.1) is 11.1 Å². The molecule has 2 rings (SSSR count). The normalized spacial score (nSPS) is 16.6. The first-order chi connectivity index (χ1) is 14.6. The molecule has 1 aromatic rings. The zero-order valence-electron chi connectivity index (χ0n) is 17.9. The number of ketones is 2. The fourth-order valence-corrected chi connectivity index (χ4v) is 2.66. The maximum atomic E-state index is 13.1. The number of methoxy groups -OCH3 is 1. The van der Waals surface area contributed by atoms with Gasteiger partial charge in [-0.2, -0.15) is 39.5 Å². The molecule has 0 spiro atoms. The number of aliphatic hydroxyl groups is 1. The zero-order valence-corrected chi connectivity index (χ0v) is 17.9. The summed E-state index contributed by atoms with van der Waals surface area (Å²) >= 11 is 0. The summed E-state index contributed by atoms with van der Waals surface area (Å²) in [5, 5.41) is 7.00. The van der Waals surface area contributed by atoms with E-state index in [-0.39, 0.29) is 6.07 Å². The number of carbonyl (C=O) groups excluding carboxylic acids is 2. The molecule has 4 nitrogen and oxygen atoms in total. The third-order valence-corrected chi connectivity index (χ3v) is 3.73. The third-order valence-electron chi connectivity index (χ3n) is 3.73. The Bertz CT molecular complexity index is 766. The molecular weight excluding hydrogens is 463 g/mol. The summed E-state index contributed by atoms with van der Waals surface area (Å²) < 4.78 is 120. The summed E-state index contributed by atoms with van der Waals surface area (Å²) in [4.78, 5) is 24.2. The molecule has 1 aliphatic rings. The minimum absolute atomic E-state index is 0.0616. The van der Waals surface area contributed by atoms with Gasteiger partial charge in [-0.05, 0) is 12.1 Å². The van der Waals surface area contributed by atoms with Crippen LogP contribution in [-0.2, 0) is 17.1 Å². The Morgan fingerprint density at radius 2 is 1.25 bits per heavy atom. The van der Waals surface area contributed by atoms with Crippen molar-refractivity contribution in [2.75, 3.05) is 14.2 Å². The molecule has 0 saturated heterocycles. The number of rotatable bonds is 2. The summed E-state index contributed by atoms with van der Waals surface area (Å²) in [5.74, 6) is -6.46. The summed E-state index contributed by atoms with van der Waals surface area (Å²) in [5.41, 5.74) is -6.92. The summed E-state index contributed by atoms with van der Waals surface area (Å²) in [6, 6.07) is -0.476. The number of carbonyl (C=O) groups is 2. The number of ether oxygens (including phenoxy) is 1. The van der Waals surface area contributed by atoms with Gasteiger partial charge >= 0.3 is 18.5 Å². The van der Waals surface area contributed by atoms with E-state index in [9.17, 15) is 49.1 Å². The van der Waals surface area contributed by atoms with Crippen molar-refractivity contribution in [1.82, 2.24) is 0 Å². The van der Waals surface area contributed by atoms with E-state index in [1.165, 1.54) is 0 Å². The van der Waals surface area contributed by atoms with Gasteiger partial charge in [-0.15, -0.1) is 0 Å². The number of alkyl halides is 9. The van der Waals surface area contributed by atoms with E-state index in [1.807, 2.05) is 27.7 Å². The van der Waals surface area contributed by atoms with Crippen LogP contribution in [-0.4, -0.2) is 43.2 Å². The maximum Gasteiger partial charge on any atom is 0.417 e. The summed E-state index contributed by atoms with van der Waals surface area (Å²) in [6.07, 6.45) is -19.2. The minimum Gasteiger partial charge on any atom is -0.400 e. The number of halogens is 9. The Morgan fingerprint density at radius 1 is 0.812 bits per heavy atom. The van der Waals surface area contributed by atoms with Crippen molar-refractivity contribution < 1.29 is 58.9 Å². The second kappa shape index (κ2) is 12.2. The number of hydrogen-bond acceptors (Lipinski definition) is 4. The van der Waals surface area contributed by atoms with Gasteiger partial charge in [0, 0.05) is 25.3 Å². The molecule has 0 bridgehead atoms. The van der Waals surface area contributed by atoms with E-state index in [2.05, 4.69) is 4.74 Å². The third kappa shape index (κ3) is 6.92. The first kappa shape index (κ1) is 32.0. The van der Waals surface area contributed by atoms with E-state index in [0.717, 1.165) is 7.11 Å². The van der Waals surface area contributed by atoms with Crippen LogP contribution in [0.2, 0.25) is 0 Å². The Morgan fingerprint density at radius 3 is 1.56 bits per heavy atom. The molecule has 2 unspecified atom stereocenters. The van der Waals surface area contributed by atoms with Crippen LogP contribution in [0.1, 0.15) is 59.5 Å². The molecule has 0 aromatic heterocycles. The van der Waals surface area contributed by atoms with Crippen LogP contribution < -0.4 is 0 Å². The minimum atomic E-state index is -5.50. The Kier molecular flexibility index (Phi) is 12.2. The lowest BCUT2D eigenvalue weighted by Crippen LogP contribution is -2.42. The van der Waals surface area contributed by atoms with Gasteiger partial charge in [0.2, 0.25) is 0 Å². The molecule has 0 amide bonds. The van der Waals surface area contributed by atoms with Crippen molar-refractivity contribution in [2.45, 2.75) is 52.3 Å². The van der Waals surface area contributed by atoms with Crippen LogP contribution in [0.25, 0.3) is 0 Å². The van der Waals surface area contributed by atoms with Crippen molar-refractivity contribution in [1.29, 1.82) is 0 Å². The van der Waals surface area contributed by atoms with Crippen LogP contribution in [0.5, 0.6) is 0 Å². The van der Waals surface area contributed by atoms with E-state index >= 15 is 0 Å². The van der Waals surface area contributed by atoms with Crippen molar-refractivity contribution in [3.05, 3.63) is 34.4 Å². The average Bonchev–Trinajstić information content (AvgIpc) is 2.95. The largest absolute Gasteiger partial charge is 0.417 e. The second-order valence-electron chi connectivity index (χ2n) is 5.35. The quantitative estimate of drug-likeness (QED) is 0.414. The van der Waals surface area contributed by atoms with Crippen LogP contribution in [0.4, 0.5) is 39.5 Å². The lowest BCUT2D eigenvalue weighted by molar-refractivity contribution is -0.218. The van der Waals surface area contributed by atoms with E-state index in [0.29, 0.717) is 7.11 Å². The molecule has 1 aliphatic carbocycles. The van der Waals surface area contributed by atoms with Crippen LogP contribution in [0.3, 0.4) is 0 Å². The van der Waals surface area contributed by atoms with Crippen LogP contribution in [0, 0.1) is 5.92 Å². The zero-order chi connectivity index (χ0) is 26.2. The van der Waals surface area contributed by atoms with Gasteiger partial charge in [0.15, 0.2) is 17.7 Å². The standard InChI is InChI=1S/C14H7F9O3.2C2H6.CH4O/c1-26-11(14(21,22)23)8-9(24)5-2-4(12(15,16)17)3-6(13(18,19)20)7(5)10(8)25;3*1-2/h2-3,8,11H,1H3;2*1-2H3;2H,1H3. The highest BCUT2D eigenvalue weighted by Crippen LogP contribution is 2.45. The Balaban J connectivity index is 0. The maximum absolute atomic E-state index is 13.1. The number of benzene rings is 1. The van der Waals surface area contributed by atoms with Crippen LogP contribution >= 0.6 is 0 Å². The smallest absolute Gasteiger partial charge is 0.400 e. The van der Waals surface area contributed by atoms with Crippen molar-refractivity contribution in [2.24, 2.45) is 5.92 Å². The van der Waals surface area contributed by atoms with Gasteiger partial charge in [0.25, 0.3) is 0 Å². The molecule has 0 aliphatic heterocycles. The number of hydrogen-bond donors (Lipinski definition) is 1. The lowest BCUT2D eigenvalue weighted by atomic mass is 9.95. The van der Waals surface area contributed by atoms with Gasteiger partial charge in [-0.1, -0.05) is 27.7 Å². The first-order valence-electron chi connectivity index (χ1n) is 9.05. The summed E-state index contributed by atoms with van der Waals surface area (Å²) in [7, 11) is 1.47. The molecular formula is C19H23F9O4. The molecule has 186 valence electrons. The highest BCUT2D eigenvalue weighted by atomic mass is 19.4. The molecule has 2 atom stereocenters. The first-order valence-corrected chi connectivity index (χ1v) is 9.05. The molecule has 13 heteroatoms. The van der Waals surface area contributed by atoms with Gasteiger partial charge in [0.1, 0.15) is 5.92 Å². The summed E-state index contributed by atoms with van der Waals surface area (Å²) in [6.45, 7) is 8.00. The van der Waals surface area contributed by atoms with Crippen molar-refractivity contribution >= 4 is 11.6 Å². The number of Topliss-reactive ketones (excluding diaryl/α,β-unsaturated/α-hetero) is 2. The van der Waals surface area contributed by atoms with Crippen LogP contribution in [0.15, 0.2) is 12.1 Å². The second-order valence-corrected chi connectivity index (χ2v) is 5.35. The van der Waals surface area contributed by atoms with Gasteiger partial charge in [-0.3, -0.25) is 9.59 Å². The topological polar surface area (TPSA) is 63.6 Å². The number of aliphatic hydroxyl groups excluding tert-OH is 1. The van der Waals surface area contributed by atoms with E-state index in [4.69, 9.17) is 5.11 Å². The van der Waals surface area contributed by atoms with E-state index < -0.39 is 70.4 Å². The SMILES string of the molecule is CC.CC.CO.COC(C1C(=O)c2cc(C(F)(F)F)cc(C(F)(F)F)c2C1=O)C(F)(F)F. The highest BCUT2D eigenvalue weighted by Gasteiger charge is 2.57. The van der Waals surface area contributed by atoms with Crippen molar-refractivity contribution in [3.8, 4) is 0 Å². The molecule has 0 fully saturated rings. The fourth-order valence-electron chi connectivity index (χ4n) is 2.66. The molecule has 32 heavy (non-hydrogen) atoms. The van der Waals surface area contributed by atoms with Crippen molar-refractivity contribution in [3.63, 3.8) is 0 Å².